The second-order valence-corrected chi connectivity index (χ2v) is 4.76. The number of nitrogens with zero attached hydrogens (tertiary/aromatic N) is 2. The number of esters is 1. The number of carbonyl (C=O) groups excluding carboxylic acids is 1. The van der Waals surface area contributed by atoms with Gasteiger partial charge in [-0.2, -0.15) is 13.8 Å². The highest BCUT2D eigenvalue weighted by Gasteiger charge is 2.18. The van der Waals surface area contributed by atoms with Crippen molar-refractivity contribution >= 4 is 23.2 Å². The summed E-state index contributed by atoms with van der Waals surface area (Å²) in [6.45, 7) is 2.28. The van der Waals surface area contributed by atoms with Gasteiger partial charge >= 0.3 is 18.3 Å². The topological polar surface area (TPSA) is 104 Å². The summed E-state index contributed by atoms with van der Waals surface area (Å²) >= 11 is 0. The number of hydrogen-bond acceptors (Lipinski definition) is 7. The molecule has 10 heteroatoms. The molecule has 0 saturated carbocycles. The summed E-state index contributed by atoms with van der Waals surface area (Å²) in [5.74, 6) is -1.11. The lowest BCUT2D eigenvalue weighted by atomic mass is 10.2. The van der Waals surface area contributed by atoms with Gasteiger partial charge in [0.25, 0.3) is 0 Å². The van der Waals surface area contributed by atoms with Gasteiger partial charge in [-0.1, -0.05) is 26.0 Å². The van der Waals surface area contributed by atoms with Gasteiger partial charge in [0.15, 0.2) is 0 Å². The maximum Gasteiger partial charge on any atom is 0.388 e. The third kappa shape index (κ3) is 7.22. The standard InChI is InChI=1S/C15H13F2N3O5.C2H6/c1-9(21)24-8-10-2-4-11(5-3-10)18-14-12(20(22)23)6-7-13(19-14)25-15(16)17;1-2/h2-7,15H,8H2,1H3,(H,18,19);1-2H3. The van der Waals surface area contributed by atoms with Gasteiger partial charge in [-0.15, -0.1) is 0 Å². The highest BCUT2D eigenvalue weighted by molar-refractivity contribution is 5.67. The van der Waals surface area contributed by atoms with Crippen molar-refractivity contribution in [3.8, 4) is 5.88 Å². The van der Waals surface area contributed by atoms with Crippen LogP contribution in [0.5, 0.6) is 5.88 Å². The van der Waals surface area contributed by atoms with Crippen LogP contribution in [0.4, 0.5) is 26.0 Å². The number of nitro groups is 1. The average Bonchev–Trinajstić information content (AvgIpc) is 2.62. The van der Waals surface area contributed by atoms with Crippen LogP contribution in [0.15, 0.2) is 36.4 Å². The van der Waals surface area contributed by atoms with E-state index in [0.29, 0.717) is 11.3 Å². The van der Waals surface area contributed by atoms with Crippen LogP contribution >= 0.6 is 0 Å². The fraction of sp³-hybridized carbons (Fsp3) is 0.294. The van der Waals surface area contributed by atoms with E-state index in [1.807, 2.05) is 13.8 Å². The Morgan fingerprint density at radius 1 is 1.22 bits per heavy atom. The van der Waals surface area contributed by atoms with Crippen molar-refractivity contribution in [2.24, 2.45) is 0 Å². The molecule has 1 aromatic carbocycles. The molecule has 0 spiro atoms. The molecule has 8 nitrogen and oxygen atoms in total. The SMILES string of the molecule is CC.CC(=O)OCc1ccc(Nc2nc(OC(F)F)ccc2[N+](=O)[O-])cc1. The van der Waals surface area contributed by atoms with E-state index >= 15 is 0 Å². The molecule has 0 aliphatic carbocycles. The fourth-order valence-electron chi connectivity index (χ4n) is 1.84. The molecule has 27 heavy (non-hydrogen) atoms. The van der Waals surface area contributed by atoms with Crippen LogP contribution < -0.4 is 10.1 Å². The van der Waals surface area contributed by atoms with Crippen LogP contribution in [0.3, 0.4) is 0 Å². The largest absolute Gasteiger partial charge is 0.461 e. The number of ether oxygens (including phenoxy) is 2. The normalized spacial score (nSPS) is 9.85. The zero-order valence-corrected chi connectivity index (χ0v) is 14.9. The summed E-state index contributed by atoms with van der Waals surface area (Å²) in [5.41, 5.74) is 0.736. The summed E-state index contributed by atoms with van der Waals surface area (Å²) in [7, 11) is 0. The molecule has 0 atom stereocenters. The van der Waals surface area contributed by atoms with Crippen LogP contribution in [-0.2, 0) is 16.1 Å². The maximum absolute atomic E-state index is 12.3. The number of carbonyl (C=O) groups is 1. The molecule has 1 N–H and O–H groups in total. The van der Waals surface area contributed by atoms with Crippen molar-refractivity contribution in [3.05, 3.63) is 52.1 Å². The monoisotopic (exact) mass is 383 g/mol. The van der Waals surface area contributed by atoms with E-state index in [-0.39, 0.29) is 12.4 Å². The van der Waals surface area contributed by atoms with Crippen LogP contribution in [0.2, 0.25) is 0 Å². The van der Waals surface area contributed by atoms with Crippen molar-refractivity contribution in [2.75, 3.05) is 5.32 Å². The summed E-state index contributed by atoms with van der Waals surface area (Å²) in [6, 6.07) is 8.42. The highest BCUT2D eigenvalue weighted by atomic mass is 19.3. The van der Waals surface area contributed by atoms with Gasteiger partial charge in [-0.25, -0.2) is 0 Å². The Morgan fingerprint density at radius 3 is 2.37 bits per heavy atom. The molecular weight excluding hydrogens is 364 g/mol. The van der Waals surface area contributed by atoms with Crippen LogP contribution in [0.25, 0.3) is 0 Å². The van der Waals surface area contributed by atoms with Crippen molar-refractivity contribution in [2.45, 2.75) is 34.0 Å². The molecule has 0 radical (unpaired) electrons. The summed E-state index contributed by atoms with van der Waals surface area (Å²) in [4.78, 5) is 24.8. The first-order valence-corrected chi connectivity index (χ1v) is 7.94. The minimum atomic E-state index is -3.10. The highest BCUT2D eigenvalue weighted by Crippen LogP contribution is 2.28. The molecule has 0 saturated heterocycles. The third-order valence-electron chi connectivity index (χ3n) is 2.91. The Kier molecular flexibility index (Phi) is 8.57. The van der Waals surface area contributed by atoms with Gasteiger partial charge in [0.2, 0.25) is 11.7 Å². The maximum atomic E-state index is 12.3. The summed E-state index contributed by atoms with van der Waals surface area (Å²) < 4.78 is 33.5. The molecule has 0 bridgehead atoms. The van der Waals surface area contributed by atoms with E-state index in [2.05, 4.69) is 15.0 Å². The molecule has 0 aliphatic rings. The minimum Gasteiger partial charge on any atom is -0.461 e. The number of aromatic nitrogens is 1. The number of rotatable bonds is 7. The number of pyridine rings is 1. The van der Waals surface area contributed by atoms with Gasteiger partial charge in [-0.05, 0) is 17.7 Å². The number of halogens is 2. The van der Waals surface area contributed by atoms with Crippen LogP contribution in [0.1, 0.15) is 26.3 Å². The van der Waals surface area contributed by atoms with Gasteiger partial charge < -0.3 is 14.8 Å². The molecule has 0 fully saturated rings. The summed E-state index contributed by atoms with van der Waals surface area (Å²) in [5, 5.41) is 13.7. The zero-order chi connectivity index (χ0) is 20.4. The number of nitrogens with one attached hydrogen (secondary N) is 1. The number of benzene rings is 1. The molecule has 0 unspecified atom stereocenters. The van der Waals surface area contributed by atoms with Crippen molar-refractivity contribution in [1.29, 1.82) is 0 Å². The van der Waals surface area contributed by atoms with Crippen molar-refractivity contribution in [1.82, 2.24) is 4.98 Å². The molecule has 0 aliphatic heterocycles. The number of hydrogen-bond donors (Lipinski definition) is 1. The van der Waals surface area contributed by atoms with E-state index in [1.165, 1.54) is 6.92 Å². The van der Waals surface area contributed by atoms with Crippen molar-refractivity contribution in [3.63, 3.8) is 0 Å². The van der Waals surface area contributed by atoms with Crippen molar-refractivity contribution < 1.29 is 28.0 Å². The van der Waals surface area contributed by atoms with Gasteiger partial charge in [0.05, 0.1) is 4.92 Å². The van der Waals surface area contributed by atoms with Crippen LogP contribution in [0, 0.1) is 10.1 Å². The predicted molar refractivity (Wildman–Crippen MR) is 94.1 cm³/mol. The first-order valence-electron chi connectivity index (χ1n) is 7.94. The molecule has 0 amide bonds. The molecule has 146 valence electrons. The quantitative estimate of drug-likeness (QED) is 0.429. The van der Waals surface area contributed by atoms with E-state index in [1.54, 1.807) is 24.3 Å². The first kappa shape index (κ1) is 21.7. The lowest BCUT2D eigenvalue weighted by molar-refractivity contribution is -0.384. The lowest BCUT2D eigenvalue weighted by Gasteiger charge is -2.09. The van der Waals surface area contributed by atoms with Gasteiger partial charge in [0.1, 0.15) is 6.61 Å². The molecular formula is C17H19F2N3O5. The molecule has 2 rings (SSSR count). The van der Waals surface area contributed by atoms with E-state index in [9.17, 15) is 23.7 Å². The summed E-state index contributed by atoms with van der Waals surface area (Å²) in [6.07, 6.45) is 0. The van der Waals surface area contributed by atoms with E-state index in [4.69, 9.17) is 4.74 Å². The smallest absolute Gasteiger partial charge is 0.388 e. The fourth-order valence-corrected chi connectivity index (χ4v) is 1.84. The Bertz CT molecular complexity index is 770. The second-order valence-electron chi connectivity index (χ2n) is 4.76. The van der Waals surface area contributed by atoms with E-state index < -0.39 is 29.1 Å². The average molecular weight is 383 g/mol. The minimum absolute atomic E-state index is 0.0890. The van der Waals surface area contributed by atoms with E-state index in [0.717, 1.165) is 12.1 Å². The third-order valence-corrected chi connectivity index (χ3v) is 2.91. The molecule has 1 heterocycles. The van der Waals surface area contributed by atoms with Gasteiger partial charge in [0, 0.05) is 24.7 Å². The molecule has 2 aromatic rings. The predicted octanol–water partition coefficient (Wildman–Crippen LogP) is 4.42. The number of anilines is 2. The zero-order valence-electron chi connectivity index (χ0n) is 14.9. The Morgan fingerprint density at radius 2 is 1.85 bits per heavy atom. The second kappa shape index (κ2) is 10.6. The Hall–Kier alpha value is -3.30. The number of alkyl halides is 2. The Labute approximate surface area is 154 Å². The first-order chi connectivity index (χ1) is 12.8. The van der Waals surface area contributed by atoms with Crippen LogP contribution in [-0.4, -0.2) is 22.5 Å². The lowest BCUT2D eigenvalue weighted by Crippen LogP contribution is -2.06. The Balaban J connectivity index is 0.00000176. The van der Waals surface area contributed by atoms with Gasteiger partial charge in [-0.3, -0.25) is 14.9 Å². The molecule has 1 aromatic heterocycles.